The molecule has 0 aromatic heterocycles. The second-order valence-electron chi connectivity index (χ2n) is 3.87. The lowest BCUT2D eigenvalue weighted by atomic mass is 10.2. The van der Waals surface area contributed by atoms with E-state index in [4.69, 9.17) is 4.74 Å². The predicted molar refractivity (Wildman–Crippen MR) is 45.7 cm³/mol. The van der Waals surface area contributed by atoms with Crippen LogP contribution in [0.2, 0.25) is 0 Å². The van der Waals surface area contributed by atoms with Crippen molar-refractivity contribution in [3.8, 4) is 0 Å². The quantitative estimate of drug-likeness (QED) is 0.491. The maximum absolute atomic E-state index is 11.8. The zero-order valence-electron chi connectivity index (χ0n) is 8.53. The van der Waals surface area contributed by atoms with Crippen LogP contribution in [0, 0.1) is 0 Å². The zero-order valence-corrected chi connectivity index (χ0v) is 8.53. The summed E-state index contributed by atoms with van der Waals surface area (Å²) in [7, 11) is 0. The van der Waals surface area contributed by atoms with Crippen molar-refractivity contribution >= 4 is 5.97 Å². The smallest absolute Gasteiger partial charge is 0.410 e. The molecule has 0 aromatic rings. The second-order valence-corrected chi connectivity index (χ2v) is 3.87. The van der Waals surface area contributed by atoms with Crippen LogP contribution in [-0.2, 0) is 9.53 Å². The molecule has 0 saturated heterocycles. The van der Waals surface area contributed by atoms with Crippen molar-refractivity contribution in [1.82, 2.24) is 0 Å². The van der Waals surface area contributed by atoms with Crippen LogP contribution in [0.25, 0.3) is 0 Å². The Morgan fingerprint density at radius 1 is 1.21 bits per heavy atom. The molecule has 82 valence electrons. The van der Waals surface area contributed by atoms with Gasteiger partial charge in [-0.1, -0.05) is 0 Å². The normalized spacial score (nSPS) is 14.1. The molecule has 0 fully saturated rings. The van der Waals surface area contributed by atoms with Gasteiger partial charge in [0.1, 0.15) is 5.60 Å². The summed E-state index contributed by atoms with van der Waals surface area (Å²) >= 11 is 0. The van der Waals surface area contributed by atoms with Crippen LogP contribution in [0.5, 0.6) is 0 Å². The average molecular weight is 210 g/mol. The number of halogens is 3. The van der Waals surface area contributed by atoms with Crippen LogP contribution in [0.15, 0.2) is 11.6 Å². The fourth-order valence-electron chi connectivity index (χ4n) is 0.663. The minimum absolute atomic E-state index is 0.0684. The van der Waals surface area contributed by atoms with Crippen LogP contribution in [0.1, 0.15) is 27.7 Å². The summed E-state index contributed by atoms with van der Waals surface area (Å²) in [5.74, 6) is -0.949. The first-order chi connectivity index (χ1) is 6.01. The molecule has 0 amide bonds. The zero-order chi connectivity index (χ0) is 11.6. The first kappa shape index (κ1) is 13.0. The van der Waals surface area contributed by atoms with E-state index in [2.05, 4.69) is 0 Å². The van der Waals surface area contributed by atoms with E-state index >= 15 is 0 Å². The molecule has 0 heterocycles. The number of rotatable bonds is 1. The highest BCUT2D eigenvalue weighted by atomic mass is 19.4. The summed E-state index contributed by atoms with van der Waals surface area (Å²) in [6.07, 6.45) is -4.55. The van der Waals surface area contributed by atoms with Gasteiger partial charge < -0.3 is 4.74 Å². The molecule has 0 aliphatic carbocycles. The van der Waals surface area contributed by atoms with Crippen molar-refractivity contribution in [1.29, 1.82) is 0 Å². The van der Waals surface area contributed by atoms with E-state index in [1.54, 1.807) is 20.8 Å². The summed E-state index contributed by atoms with van der Waals surface area (Å²) in [5.41, 5.74) is -1.23. The first-order valence-electron chi connectivity index (χ1n) is 4.01. The molecule has 0 spiro atoms. The van der Waals surface area contributed by atoms with E-state index in [-0.39, 0.29) is 6.08 Å². The molecule has 2 nitrogen and oxygen atoms in total. The Bertz CT molecular complexity index is 246. The molecule has 5 heteroatoms. The first-order valence-corrected chi connectivity index (χ1v) is 4.01. The highest BCUT2D eigenvalue weighted by Gasteiger charge is 2.27. The van der Waals surface area contributed by atoms with Gasteiger partial charge in [-0.3, -0.25) is 0 Å². The Balaban J connectivity index is 4.50. The van der Waals surface area contributed by atoms with Crippen LogP contribution >= 0.6 is 0 Å². The average Bonchev–Trinajstić information content (AvgIpc) is 1.78. The standard InChI is InChI=1S/C9H13F3O2/c1-6(5-9(10,11)12)7(13)14-8(2,3)4/h5H,1-4H3. The molecule has 0 unspecified atom stereocenters. The van der Waals surface area contributed by atoms with Gasteiger partial charge in [0.05, 0.1) is 0 Å². The maximum Gasteiger partial charge on any atom is 0.410 e. The van der Waals surface area contributed by atoms with Crippen LogP contribution < -0.4 is 0 Å². The van der Waals surface area contributed by atoms with E-state index in [1.807, 2.05) is 0 Å². The molecular weight excluding hydrogens is 197 g/mol. The van der Waals surface area contributed by atoms with Crippen molar-refractivity contribution in [2.45, 2.75) is 39.5 Å². The Hall–Kier alpha value is -1.00. The van der Waals surface area contributed by atoms with Gasteiger partial charge in [0.2, 0.25) is 0 Å². The SMILES string of the molecule is CC(=CC(F)(F)F)C(=O)OC(C)(C)C. The van der Waals surface area contributed by atoms with Gasteiger partial charge in [-0.25, -0.2) is 4.79 Å². The van der Waals surface area contributed by atoms with Gasteiger partial charge in [-0.2, -0.15) is 13.2 Å². The summed E-state index contributed by atoms with van der Waals surface area (Å²) in [5, 5.41) is 0. The number of ether oxygens (including phenoxy) is 1. The van der Waals surface area contributed by atoms with Crippen LogP contribution in [0.4, 0.5) is 13.2 Å². The molecule has 0 saturated carbocycles. The number of allylic oxidation sites excluding steroid dienone is 1. The Morgan fingerprint density at radius 2 is 1.64 bits per heavy atom. The van der Waals surface area contributed by atoms with Gasteiger partial charge in [0.25, 0.3) is 0 Å². The van der Waals surface area contributed by atoms with E-state index in [9.17, 15) is 18.0 Å². The van der Waals surface area contributed by atoms with Crippen molar-refractivity contribution in [2.24, 2.45) is 0 Å². The van der Waals surface area contributed by atoms with Crippen molar-refractivity contribution in [3.63, 3.8) is 0 Å². The molecule has 0 N–H and O–H groups in total. The van der Waals surface area contributed by atoms with E-state index in [1.165, 1.54) is 0 Å². The monoisotopic (exact) mass is 210 g/mol. The topological polar surface area (TPSA) is 26.3 Å². The van der Waals surface area contributed by atoms with E-state index in [0.717, 1.165) is 6.92 Å². The number of alkyl halides is 3. The Kier molecular flexibility index (Phi) is 3.73. The summed E-state index contributed by atoms with van der Waals surface area (Å²) in [4.78, 5) is 11.0. The minimum atomic E-state index is -4.49. The van der Waals surface area contributed by atoms with E-state index < -0.39 is 23.3 Å². The number of hydrogen-bond donors (Lipinski definition) is 0. The van der Waals surface area contributed by atoms with Gasteiger partial charge in [0, 0.05) is 11.6 Å². The fraction of sp³-hybridized carbons (Fsp3) is 0.667. The largest absolute Gasteiger partial charge is 0.457 e. The van der Waals surface area contributed by atoms with Crippen LogP contribution in [0.3, 0.4) is 0 Å². The third-order valence-corrected chi connectivity index (χ3v) is 1.10. The second kappa shape index (κ2) is 4.02. The van der Waals surface area contributed by atoms with Crippen molar-refractivity contribution in [3.05, 3.63) is 11.6 Å². The number of hydrogen-bond acceptors (Lipinski definition) is 2. The Morgan fingerprint density at radius 3 is 1.93 bits per heavy atom. The molecule has 0 atom stereocenters. The highest BCUT2D eigenvalue weighted by Crippen LogP contribution is 2.20. The van der Waals surface area contributed by atoms with E-state index in [0.29, 0.717) is 0 Å². The van der Waals surface area contributed by atoms with Gasteiger partial charge >= 0.3 is 12.1 Å². The number of carbonyl (C=O) groups excluding carboxylic acids is 1. The molecular formula is C9H13F3O2. The number of carbonyl (C=O) groups is 1. The molecule has 0 bridgehead atoms. The Labute approximate surface area is 80.7 Å². The molecule has 0 aromatic carbocycles. The lowest BCUT2D eigenvalue weighted by Gasteiger charge is -2.19. The third-order valence-electron chi connectivity index (χ3n) is 1.10. The van der Waals surface area contributed by atoms with Gasteiger partial charge in [0.15, 0.2) is 0 Å². The van der Waals surface area contributed by atoms with Crippen LogP contribution in [-0.4, -0.2) is 17.7 Å². The maximum atomic E-state index is 11.8. The lowest BCUT2D eigenvalue weighted by molar-refractivity contribution is -0.150. The third kappa shape index (κ3) is 6.51. The molecule has 0 rings (SSSR count). The van der Waals surface area contributed by atoms with Gasteiger partial charge in [-0.15, -0.1) is 0 Å². The summed E-state index contributed by atoms with van der Waals surface area (Å²) < 4.78 is 40.2. The van der Waals surface area contributed by atoms with Crippen molar-refractivity contribution < 1.29 is 22.7 Å². The minimum Gasteiger partial charge on any atom is -0.457 e. The predicted octanol–water partition coefficient (Wildman–Crippen LogP) is 2.84. The molecule has 0 aliphatic rings. The fourth-order valence-corrected chi connectivity index (χ4v) is 0.663. The van der Waals surface area contributed by atoms with Gasteiger partial charge in [-0.05, 0) is 27.7 Å². The lowest BCUT2D eigenvalue weighted by Crippen LogP contribution is -2.24. The molecule has 0 aliphatic heterocycles. The summed E-state index contributed by atoms with van der Waals surface area (Å²) in [6.45, 7) is 5.84. The molecule has 14 heavy (non-hydrogen) atoms. The summed E-state index contributed by atoms with van der Waals surface area (Å²) in [6, 6.07) is 0. The highest BCUT2D eigenvalue weighted by molar-refractivity contribution is 5.88. The molecule has 0 radical (unpaired) electrons. The van der Waals surface area contributed by atoms with Crippen molar-refractivity contribution in [2.75, 3.05) is 0 Å². The number of esters is 1.